The second-order valence-corrected chi connectivity index (χ2v) is 10.6. The SMILES string of the molecule is Cc1cc(CN=C(NCC(=O)N(C)C)NC2CC3CCC2C3)ccc1S(C)(=O)=O. The van der Waals surface area contributed by atoms with Gasteiger partial charge in [0.1, 0.15) is 0 Å². The monoisotopic (exact) mass is 420 g/mol. The van der Waals surface area contributed by atoms with Gasteiger partial charge in [-0.25, -0.2) is 13.4 Å². The quantitative estimate of drug-likeness (QED) is 0.540. The fourth-order valence-corrected chi connectivity index (χ4v) is 5.42. The van der Waals surface area contributed by atoms with E-state index in [0.29, 0.717) is 29.4 Å². The zero-order valence-corrected chi connectivity index (χ0v) is 18.6. The number of benzene rings is 1. The van der Waals surface area contributed by atoms with Crippen LogP contribution in [0.4, 0.5) is 0 Å². The first-order chi connectivity index (χ1) is 13.6. The van der Waals surface area contributed by atoms with Crippen LogP contribution in [-0.2, 0) is 21.2 Å². The van der Waals surface area contributed by atoms with Crippen molar-refractivity contribution >= 4 is 21.7 Å². The van der Waals surface area contributed by atoms with E-state index in [1.54, 1.807) is 38.1 Å². The van der Waals surface area contributed by atoms with Crippen LogP contribution in [0.25, 0.3) is 0 Å². The highest BCUT2D eigenvalue weighted by molar-refractivity contribution is 7.90. The topological polar surface area (TPSA) is 90.9 Å². The van der Waals surface area contributed by atoms with E-state index in [1.807, 2.05) is 6.07 Å². The molecule has 29 heavy (non-hydrogen) atoms. The van der Waals surface area contributed by atoms with Crippen molar-refractivity contribution < 1.29 is 13.2 Å². The summed E-state index contributed by atoms with van der Waals surface area (Å²) < 4.78 is 23.6. The summed E-state index contributed by atoms with van der Waals surface area (Å²) in [5.74, 6) is 2.13. The molecule has 0 heterocycles. The van der Waals surface area contributed by atoms with Crippen LogP contribution >= 0.6 is 0 Å². The van der Waals surface area contributed by atoms with Gasteiger partial charge >= 0.3 is 0 Å². The van der Waals surface area contributed by atoms with Crippen molar-refractivity contribution in [3.8, 4) is 0 Å². The van der Waals surface area contributed by atoms with Crippen molar-refractivity contribution in [2.45, 2.75) is 50.1 Å². The molecule has 2 aliphatic rings. The van der Waals surface area contributed by atoms with Crippen molar-refractivity contribution in [1.82, 2.24) is 15.5 Å². The van der Waals surface area contributed by atoms with E-state index in [2.05, 4.69) is 15.6 Å². The number of aryl methyl sites for hydroxylation is 1. The number of likely N-dealkylation sites (N-methyl/N-ethyl adjacent to an activating group) is 1. The van der Waals surface area contributed by atoms with E-state index in [9.17, 15) is 13.2 Å². The lowest BCUT2D eigenvalue weighted by molar-refractivity contribution is -0.127. The number of fused-ring (bicyclic) bond motifs is 2. The summed E-state index contributed by atoms with van der Waals surface area (Å²) in [4.78, 5) is 18.6. The highest BCUT2D eigenvalue weighted by Crippen LogP contribution is 2.44. The summed E-state index contributed by atoms with van der Waals surface area (Å²) in [6.45, 7) is 2.40. The third-order valence-electron chi connectivity index (χ3n) is 6.02. The molecule has 2 aliphatic carbocycles. The number of guanidine groups is 1. The number of sulfone groups is 1. The van der Waals surface area contributed by atoms with E-state index in [1.165, 1.54) is 25.5 Å². The predicted molar refractivity (Wildman–Crippen MR) is 114 cm³/mol. The highest BCUT2D eigenvalue weighted by atomic mass is 32.2. The molecule has 0 aromatic heterocycles. The Labute approximate surface area is 173 Å². The lowest BCUT2D eigenvalue weighted by Crippen LogP contribution is -2.48. The molecule has 2 N–H and O–H groups in total. The first kappa shape index (κ1) is 21.6. The smallest absolute Gasteiger partial charge is 0.241 e. The lowest BCUT2D eigenvalue weighted by Gasteiger charge is -2.25. The van der Waals surface area contributed by atoms with E-state index in [0.717, 1.165) is 23.5 Å². The minimum atomic E-state index is -3.23. The maximum absolute atomic E-state index is 12.0. The summed E-state index contributed by atoms with van der Waals surface area (Å²) in [6.07, 6.45) is 6.26. The molecule has 0 saturated heterocycles. The molecule has 0 radical (unpaired) electrons. The zero-order valence-electron chi connectivity index (χ0n) is 17.7. The second-order valence-electron chi connectivity index (χ2n) is 8.60. The van der Waals surface area contributed by atoms with Crippen LogP contribution < -0.4 is 10.6 Å². The minimum absolute atomic E-state index is 0.0132. The molecule has 7 nitrogen and oxygen atoms in total. The van der Waals surface area contributed by atoms with E-state index < -0.39 is 9.84 Å². The Morgan fingerprint density at radius 1 is 1.24 bits per heavy atom. The molecule has 8 heteroatoms. The molecule has 160 valence electrons. The Hall–Kier alpha value is -2.09. The van der Waals surface area contributed by atoms with Crippen LogP contribution in [0, 0.1) is 18.8 Å². The summed E-state index contributed by atoms with van der Waals surface area (Å²) in [7, 11) is 0.234. The third kappa shape index (κ3) is 5.50. The number of nitrogens with one attached hydrogen (secondary N) is 2. The lowest BCUT2D eigenvalue weighted by atomic mass is 9.95. The molecule has 0 spiro atoms. The molecule has 3 rings (SSSR count). The standard InChI is InChI=1S/C21H32N4O3S/c1-14-9-16(6-8-19(14)29(4,27)28)12-22-21(23-13-20(26)25(2)3)24-18-11-15-5-7-17(18)10-15/h6,8-9,15,17-18H,5,7,10-13H2,1-4H3,(H2,22,23,24). The van der Waals surface area contributed by atoms with Gasteiger partial charge in [-0.05, 0) is 55.2 Å². The van der Waals surface area contributed by atoms with Crippen molar-refractivity contribution in [2.75, 3.05) is 26.9 Å². The molecule has 3 unspecified atom stereocenters. The Kier molecular flexibility index (Phi) is 6.51. The van der Waals surface area contributed by atoms with Gasteiger partial charge in [-0.3, -0.25) is 4.79 Å². The Morgan fingerprint density at radius 2 is 2.00 bits per heavy atom. The minimum Gasteiger partial charge on any atom is -0.353 e. The average molecular weight is 421 g/mol. The molecule has 1 amide bonds. The Morgan fingerprint density at radius 3 is 2.55 bits per heavy atom. The van der Waals surface area contributed by atoms with Gasteiger partial charge in [0.05, 0.1) is 18.0 Å². The zero-order chi connectivity index (χ0) is 21.2. The number of carbonyl (C=O) groups excluding carboxylic acids is 1. The van der Waals surface area contributed by atoms with Crippen molar-refractivity contribution in [1.29, 1.82) is 0 Å². The van der Waals surface area contributed by atoms with E-state index >= 15 is 0 Å². The summed E-state index contributed by atoms with van der Waals surface area (Å²) >= 11 is 0. The van der Waals surface area contributed by atoms with Crippen LogP contribution in [0.1, 0.15) is 36.8 Å². The van der Waals surface area contributed by atoms with Gasteiger partial charge in [0, 0.05) is 26.4 Å². The normalized spacial score (nSPS) is 23.9. The largest absolute Gasteiger partial charge is 0.353 e. The van der Waals surface area contributed by atoms with Crippen LogP contribution in [0.15, 0.2) is 28.1 Å². The highest BCUT2D eigenvalue weighted by Gasteiger charge is 2.39. The maximum Gasteiger partial charge on any atom is 0.241 e. The number of hydrogen-bond donors (Lipinski definition) is 2. The molecule has 0 aliphatic heterocycles. The molecule has 2 bridgehead atoms. The van der Waals surface area contributed by atoms with Gasteiger partial charge in [0.25, 0.3) is 0 Å². The van der Waals surface area contributed by atoms with Gasteiger partial charge in [-0.1, -0.05) is 18.6 Å². The fourth-order valence-electron chi connectivity index (χ4n) is 4.46. The summed E-state index contributed by atoms with van der Waals surface area (Å²) in [5.41, 5.74) is 1.65. The van der Waals surface area contributed by atoms with Gasteiger partial charge in [-0.2, -0.15) is 0 Å². The molecule has 3 atom stereocenters. The van der Waals surface area contributed by atoms with Crippen molar-refractivity contribution in [3.63, 3.8) is 0 Å². The van der Waals surface area contributed by atoms with Crippen molar-refractivity contribution in [2.24, 2.45) is 16.8 Å². The molecule has 1 aromatic carbocycles. The number of rotatable bonds is 6. The van der Waals surface area contributed by atoms with E-state index in [-0.39, 0.29) is 12.5 Å². The predicted octanol–water partition coefficient (Wildman–Crippen LogP) is 1.71. The molecule has 2 saturated carbocycles. The van der Waals surface area contributed by atoms with Crippen LogP contribution in [0.2, 0.25) is 0 Å². The number of hydrogen-bond acceptors (Lipinski definition) is 4. The van der Waals surface area contributed by atoms with Crippen LogP contribution in [-0.4, -0.2) is 58.1 Å². The molecular formula is C21H32N4O3S. The first-order valence-electron chi connectivity index (χ1n) is 10.2. The van der Waals surface area contributed by atoms with Gasteiger partial charge in [-0.15, -0.1) is 0 Å². The Bertz CT molecular complexity index is 895. The number of carbonyl (C=O) groups is 1. The number of aliphatic imine (C=N–C) groups is 1. The average Bonchev–Trinajstić information content (AvgIpc) is 3.25. The number of nitrogens with zero attached hydrogens (tertiary/aromatic N) is 2. The van der Waals surface area contributed by atoms with Crippen LogP contribution in [0.3, 0.4) is 0 Å². The summed E-state index contributed by atoms with van der Waals surface area (Å²) in [6, 6.07) is 5.71. The molecular weight excluding hydrogens is 388 g/mol. The van der Waals surface area contributed by atoms with Gasteiger partial charge in [0.15, 0.2) is 15.8 Å². The Balaban J connectivity index is 1.71. The van der Waals surface area contributed by atoms with Gasteiger partial charge < -0.3 is 15.5 Å². The fraction of sp³-hybridized carbons (Fsp3) is 0.619. The van der Waals surface area contributed by atoms with E-state index in [4.69, 9.17) is 0 Å². The van der Waals surface area contributed by atoms with Crippen molar-refractivity contribution in [3.05, 3.63) is 29.3 Å². The number of amides is 1. The van der Waals surface area contributed by atoms with Crippen LogP contribution in [0.5, 0.6) is 0 Å². The molecule has 2 fully saturated rings. The third-order valence-corrected chi connectivity index (χ3v) is 7.28. The summed E-state index contributed by atoms with van der Waals surface area (Å²) in [5, 5.41) is 6.69. The maximum atomic E-state index is 12.0. The van der Waals surface area contributed by atoms with Gasteiger partial charge in [0.2, 0.25) is 5.91 Å². The molecule has 1 aromatic rings. The second kappa shape index (κ2) is 8.73. The first-order valence-corrected chi connectivity index (χ1v) is 12.1.